The van der Waals surface area contributed by atoms with Gasteiger partial charge in [0.25, 0.3) is 0 Å². The van der Waals surface area contributed by atoms with Crippen molar-refractivity contribution >= 4 is 28.9 Å². The zero-order chi connectivity index (χ0) is 16.8. The first-order chi connectivity index (χ1) is 11.7. The average Bonchev–Trinajstić information content (AvgIpc) is 2.62. The summed E-state index contributed by atoms with van der Waals surface area (Å²) in [7, 11) is 1.64. The number of nitrogens with zero attached hydrogens (tertiary/aromatic N) is 2. The molecule has 3 aromatic rings. The van der Waals surface area contributed by atoms with Gasteiger partial charge in [-0.1, -0.05) is 35.9 Å². The van der Waals surface area contributed by atoms with Crippen molar-refractivity contribution < 1.29 is 4.74 Å². The van der Waals surface area contributed by atoms with Crippen LogP contribution in [0, 0.1) is 0 Å². The number of aromatic nitrogens is 2. The Morgan fingerprint density at radius 2 is 1.75 bits per heavy atom. The van der Waals surface area contributed by atoms with Crippen LogP contribution in [0.25, 0.3) is 0 Å². The Kier molecular flexibility index (Phi) is 5.13. The van der Waals surface area contributed by atoms with Gasteiger partial charge in [0.1, 0.15) is 23.7 Å². The third-order valence-corrected chi connectivity index (χ3v) is 3.68. The van der Waals surface area contributed by atoms with Crippen molar-refractivity contribution in [3.63, 3.8) is 0 Å². The number of para-hydroxylation sites is 2. The van der Waals surface area contributed by atoms with Crippen molar-refractivity contribution in [3.8, 4) is 5.75 Å². The number of hydrogen-bond donors (Lipinski definition) is 2. The number of methoxy groups -OCH3 is 1. The Balaban J connectivity index is 1.68. The molecule has 1 heterocycles. The van der Waals surface area contributed by atoms with Crippen LogP contribution in [0.2, 0.25) is 5.02 Å². The summed E-state index contributed by atoms with van der Waals surface area (Å²) in [5.41, 5.74) is 1.97. The molecule has 1 aromatic heterocycles. The predicted octanol–water partition coefficient (Wildman–Crippen LogP) is 4.49. The highest BCUT2D eigenvalue weighted by atomic mass is 35.5. The van der Waals surface area contributed by atoms with E-state index in [1.54, 1.807) is 7.11 Å². The maximum atomic E-state index is 5.89. The van der Waals surface area contributed by atoms with Crippen LogP contribution in [-0.4, -0.2) is 17.1 Å². The van der Waals surface area contributed by atoms with Gasteiger partial charge in [-0.05, 0) is 29.8 Å². The molecule has 24 heavy (non-hydrogen) atoms. The SMILES string of the molecule is COc1ccccc1Nc1cc(NCc2ccc(Cl)cc2)ncn1. The van der Waals surface area contributed by atoms with Gasteiger partial charge in [0.15, 0.2) is 0 Å². The second-order valence-electron chi connectivity index (χ2n) is 5.09. The molecule has 0 aliphatic rings. The fraction of sp³-hybridized carbons (Fsp3) is 0.111. The molecule has 0 saturated heterocycles. The minimum Gasteiger partial charge on any atom is -0.495 e. The Labute approximate surface area is 145 Å². The van der Waals surface area contributed by atoms with Crippen molar-refractivity contribution in [3.05, 3.63) is 71.5 Å². The van der Waals surface area contributed by atoms with Gasteiger partial charge in [0.2, 0.25) is 0 Å². The average molecular weight is 341 g/mol. The summed E-state index contributed by atoms with van der Waals surface area (Å²) in [5, 5.41) is 7.23. The van der Waals surface area contributed by atoms with Crippen LogP contribution < -0.4 is 15.4 Å². The largest absolute Gasteiger partial charge is 0.495 e. The van der Waals surface area contributed by atoms with Gasteiger partial charge in [-0.25, -0.2) is 9.97 Å². The molecule has 0 radical (unpaired) electrons. The van der Waals surface area contributed by atoms with Crippen molar-refractivity contribution in [2.45, 2.75) is 6.54 Å². The van der Waals surface area contributed by atoms with Crippen LogP contribution in [0.3, 0.4) is 0 Å². The molecule has 2 N–H and O–H groups in total. The van der Waals surface area contributed by atoms with Gasteiger partial charge in [-0.15, -0.1) is 0 Å². The lowest BCUT2D eigenvalue weighted by atomic mass is 10.2. The molecule has 0 bridgehead atoms. The van der Waals surface area contributed by atoms with Crippen LogP contribution in [0.4, 0.5) is 17.3 Å². The zero-order valence-corrected chi connectivity index (χ0v) is 13.9. The second-order valence-corrected chi connectivity index (χ2v) is 5.53. The van der Waals surface area contributed by atoms with Crippen molar-refractivity contribution in [2.24, 2.45) is 0 Å². The molecule has 0 fully saturated rings. The van der Waals surface area contributed by atoms with Crippen LogP contribution >= 0.6 is 11.6 Å². The molecule has 2 aromatic carbocycles. The first-order valence-electron chi connectivity index (χ1n) is 7.45. The van der Waals surface area contributed by atoms with E-state index in [4.69, 9.17) is 16.3 Å². The molecule has 0 saturated carbocycles. The first kappa shape index (κ1) is 16.1. The molecule has 6 heteroatoms. The summed E-state index contributed by atoms with van der Waals surface area (Å²) in [6, 6.07) is 17.2. The Morgan fingerprint density at radius 3 is 2.54 bits per heavy atom. The monoisotopic (exact) mass is 340 g/mol. The molecule has 5 nitrogen and oxygen atoms in total. The Hall–Kier alpha value is -2.79. The number of rotatable bonds is 6. The van der Waals surface area contributed by atoms with Gasteiger partial charge in [-0.3, -0.25) is 0 Å². The molecule has 0 aliphatic carbocycles. The van der Waals surface area contributed by atoms with Crippen LogP contribution in [0.5, 0.6) is 5.75 Å². The Bertz CT molecular complexity index is 808. The number of anilines is 3. The van der Waals surface area contributed by atoms with E-state index >= 15 is 0 Å². The third-order valence-electron chi connectivity index (χ3n) is 3.42. The quantitative estimate of drug-likeness (QED) is 0.692. The number of benzene rings is 2. The van der Waals surface area contributed by atoms with Gasteiger partial charge >= 0.3 is 0 Å². The smallest absolute Gasteiger partial charge is 0.142 e. The van der Waals surface area contributed by atoms with E-state index in [2.05, 4.69) is 20.6 Å². The minimum absolute atomic E-state index is 0.655. The summed E-state index contributed by atoms with van der Waals surface area (Å²) in [4.78, 5) is 8.48. The molecule has 0 spiro atoms. The summed E-state index contributed by atoms with van der Waals surface area (Å²) in [6.45, 7) is 0.655. The van der Waals surface area contributed by atoms with Crippen molar-refractivity contribution in [1.82, 2.24) is 9.97 Å². The maximum Gasteiger partial charge on any atom is 0.142 e. The summed E-state index contributed by atoms with van der Waals surface area (Å²) in [6.07, 6.45) is 1.52. The number of hydrogen-bond acceptors (Lipinski definition) is 5. The van der Waals surface area contributed by atoms with Crippen molar-refractivity contribution in [1.29, 1.82) is 0 Å². The summed E-state index contributed by atoms with van der Waals surface area (Å²) < 4.78 is 5.33. The molecule has 0 atom stereocenters. The molecule has 0 unspecified atom stereocenters. The van der Waals surface area contributed by atoms with E-state index in [-0.39, 0.29) is 0 Å². The predicted molar refractivity (Wildman–Crippen MR) is 97.1 cm³/mol. The summed E-state index contributed by atoms with van der Waals surface area (Å²) >= 11 is 5.89. The zero-order valence-electron chi connectivity index (χ0n) is 13.2. The molecule has 0 aliphatic heterocycles. The first-order valence-corrected chi connectivity index (χ1v) is 7.83. The number of nitrogens with one attached hydrogen (secondary N) is 2. The van der Waals surface area contributed by atoms with Gasteiger partial charge in [0.05, 0.1) is 12.8 Å². The lowest BCUT2D eigenvalue weighted by Gasteiger charge is -2.11. The fourth-order valence-corrected chi connectivity index (χ4v) is 2.33. The topological polar surface area (TPSA) is 59.1 Å². The molecular weight excluding hydrogens is 324 g/mol. The standard InChI is InChI=1S/C18H17ClN4O/c1-24-16-5-3-2-4-15(16)23-18-10-17(21-12-22-18)20-11-13-6-8-14(19)9-7-13/h2-10,12H,11H2,1H3,(H2,20,21,22,23). The maximum absolute atomic E-state index is 5.89. The molecule has 122 valence electrons. The van der Waals surface area contributed by atoms with E-state index in [1.807, 2.05) is 54.6 Å². The van der Waals surface area contributed by atoms with Crippen LogP contribution in [0.1, 0.15) is 5.56 Å². The van der Waals surface area contributed by atoms with E-state index < -0.39 is 0 Å². The molecular formula is C18H17ClN4O. The number of halogens is 1. The molecule has 3 rings (SSSR count). The molecule has 0 amide bonds. The van der Waals surface area contributed by atoms with Gasteiger partial charge in [-0.2, -0.15) is 0 Å². The lowest BCUT2D eigenvalue weighted by molar-refractivity contribution is 0.417. The number of ether oxygens (including phenoxy) is 1. The van der Waals surface area contributed by atoms with Crippen LogP contribution in [0.15, 0.2) is 60.9 Å². The Morgan fingerprint density at radius 1 is 1.00 bits per heavy atom. The minimum atomic E-state index is 0.655. The second kappa shape index (κ2) is 7.66. The lowest BCUT2D eigenvalue weighted by Crippen LogP contribution is -2.03. The van der Waals surface area contributed by atoms with Gasteiger partial charge < -0.3 is 15.4 Å². The highest BCUT2D eigenvalue weighted by Gasteiger charge is 2.04. The fourth-order valence-electron chi connectivity index (χ4n) is 2.20. The highest BCUT2D eigenvalue weighted by molar-refractivity contribution is 6.30. The van der Waals surface area contributed by atoms with E-state index in [0.29, 0.717) is 12.4 Å². The van der Waals surface area contributed by atoms with E-state index in [9.17, 15) is 0 Å². The normalized spacial score (nSPS) is 10.2. The third kappa shape index (κ3) is 4.14. The van der Waals surface area contributed by atoms with E-state index in [1.165, 1.54) is 6.33 Å². The van der Waals surface area contributed by atoms with Gasteiger partial charge in [0, 0.05) is 17.6 Å². The highest BCUT2D eigenvalue weighted by Crippen LogP contribution is 2.26. The summed E-state index contributed by atoms with van der Waals surface area (Å²) in [5.74, 6) is 2.18. The van der Waals surface area contributed by atoms with Crippen molar-refractivity contribution in [2.75, 3.05) is 17.7 Å². The van der Waals surface area contributed by atoms with E-state index in [0.717, 1.165) is 27.8 Å². The van der Waals surface area contributed by atoms with Crippen LogP contribution in [-0.2, 0) is 6.54 Å².